The molecule has 5 nitrogen and oxygen atoms in total. The maximum atomic E-state index is 5.83. The van der Waals surface area contributed by atoms with Crippen molar-refractivity contribution in [2.45, 2.75) is 13.0 Å². The molecule has 0 fully saturated rings. The predicted molar refractivity (Wildman–Crippen MR) is 76.4 cm³/mol. The predicted octanol–water partition coefficient (Wildman–Crippen LogP) is 1.47. The van der Waals surface area contributed by atoms with Gasteiger partial charge in [-0.15, -0.1) is 0 Å². The minimum absolute atomic E-state index is 0.346. The standard InChI is InChI=1S/C14H17N5/c1-19(10-5-3-2-4-6-10)13-11-9-16-8-7-12(11)17-14(15)18-13/h2-6,16H,7-9H2,1H3,(H2,15,17,18). The minimum atomic E-state index is 0.346. The zero-order chi connectivity index (χ0) is 13.2. The molecule has 0 unspecified atom stereocenters. The van der Waals surface area contributed by atoms with Gasteiger partial charge >= 0.3 is 0 Å². The molecular weight excluding hydrogens is 238 g/mol. The third-order valence-electron chi connectivity index (χ3n) is 3.39. The van der Waals surface area contributed by atoms with Crippen molar-refractivity contribution >= 4 is 17.5 Å². The molecule has 1 aliphatic heterocycles. The first kappa shape index (κ1) is 11.9. The Morgan fingerprint density at radius 3 is 2.79 bits per heavy atom. The van der Waals surface area contributed by atoms with Crippen LogP contribution in [0.5, 0.6) is 0 Å². The van der Waals surface area contributed by atoms with Gasteiger partial charge in [0.1, 0.15) is 5.82 Å². The molecule has 1 aromatic carbocycles. The summed E-state index contributed by atoms with van der Waals surface area (Å²) in [7, 11) is 2.01. The Morgan fingerprint density at radius 1 is 1.21 bits per heavy atom. The van der Waals surface area contributed by atoms with Gasteiger partial charge in [-0.05, 0) is 12.1 Å². The number of hydrogen-bond donors (Lipinski definition) is 2. The maximum Gasteiger partial charge on any atom is 0.222 e. The molecule has 2 aromatic rings. The number of fused-ring (bicyclic) bond motifs is 1. The van der Waals surface area contributed by atoms with Gasteiger partial charge < -0.3 is 16.0 Å². The SMILES string of the molecule is CN(c1ccccc1)c1nc(N)nc2c1CNCC2. The van der Waals surface area contributed by atoms with Crippen molar-refractivity contribution in [3.8, 4) is 0 Å². The lowest BCUT2D eigenvalue weighted by Crippen LogP contribution is -2.28. The normalized spacial score (nSPS) is 13.9. The Balaban J connectivity index is 2.07. The second-order valence-corrected chi connectivity index (χ2v) is 4.65. The molecule has 3 rings (SSSR count). The maximum absolute atomic E-state index is 5.83. The van der Waals surface area contributed by atoms with Crippen LogP contribution in [0.3, 0.4) is 0 Å². The van der Waals surface area contributed by atoms with Gasteiger partial charge in [0, 0.05) is 37.8 Å². The number of hydrogen-bond acceptors (Lipinski definition) is 5. The van der Waals surface area contributed by atoms with Gasteiger partial charge in [-0.3, -0.25) is 0 Å². The molecular formula is C14H17N5. The van der Waals surface area contributed by atoms with Crippen LogP contribution in [0.2, 0.25) is 0 Å². The number of nitrogens with two attached hydrogens (primary N) is 1. The average Bonchev–Trinajstić information content (AvgIpc) is 2.46. The second-order valence-electron chi connectivity index (χ2n) is 4.65. The van der Waals surface area contributed by atoms with Crippen molar-refractivity contribution in [2.75, 3.05) is 24.2 Å². The molecule has 0 saturated heterocycles. The summed E-state index contributed by atoms with van der Waals surface area (Å²) >= 11 is 0. The topological polar surface area (TPSA) is 67.1 Å². The molecule has 0 saturated carbocycles. The Labute approximate surface area is 112 Å². The summed E-state index contributed by atoms with van der Waals surface area (Å²) in [4.78, 5) is 10.8. The molecule has 0 radical (unpaired) electrons. The summed E-state index contributed by atoms with van der Waals surface area (Å²) in [5.41, 5.74) is 9.12. The summed E-state index contributed by atoms with van der Waals surface area (Å²) in [6.45, 7) is 1.74. The Kier molecular flexibility index (Phi) is 3.05. The second kappa shape index (κ2) is 4.85. The summed E-state index contributed by atoms with van der Waals surface area (Å²) < 4.78 is 0. The molecule has 2 heterocycles. The molecule has 98 valence electrons. The van der Waals surface area contributed by atoms with Crippen LogP contribution in [0.25, 0.3) is 0 Å². The third-order valence-corrected chi connectivity index (χ3v) is 3.39. The van der Waals surface area contributed by atoms with Gasteiger partial charge in [0.25, 0.3) is 0 Å². The average molecular weight is 255 g/mol. The monoisotopic (exact) mass is 255 g/mol. The Bertz CT molecular complexity index is 582. The van der Waals surface area contributed by atoms with E-state index in [1.165, 1.54) is 0 Å². The van der Waals surface area contributed by atoms with Crippen molar-refractivity contribution in [3.05, 3.63) is 41.6 Å². The molecule has 19 heavy (non-hydrogen) atoms. The highest BCUT2D eigenvalue weighted by atomic mass is 15.2. The zero-order valence-corrected chi connectivity index (χ0v) is 10.9. The number of nitrogens with zero attached hydrogens (tertiary/aromatic N) is 3. The largest absolute Gasteiger partial charge is 0.368 e. The van der Waals surface area contributed by atoms with Crippen LogP contribution in [-0.4, -0.2) is 23.6 Å². The molecule has 0 atom stereocenters. The van der Waals surface area contributed by atoms with E-state index >= 15 is 0 Å². The molecule has 0 bridgehead atoms. The van der Waals surface area contributed by atoms with Gasteiger partial charge in [0.15, 0.2) is 0 Å². The van der Waals surface area contributed by atoms with Crippen molar-refractivity contribution in [3.63, 3.8) is 0 Å². The molecule has 3 N–H and O–H groups in total. The number of nitrogen functional groups attached to an aromatic ring is 1. The van der Waals surface area contributed by atoms with Gasteiger partial charge in [0.2, 0.25) is 5.95 Å². The highest BCUT2D eigenvalue weighted by Crippen LogP contribution is 2.28. The third kappa shape index (κ3) is 2.24. The van der Waals surface area contributed by atoms with Crippen LogP contribution in [-0.2, 0) is 13.0 Å². The fraction of sp³-hybridized carbons (Fsp3) is 0.286. The highest BCUT2D eigenvalue weighted by Gasteiger charge is 2.19. The van der Waals surface area contributed by atoms with E-state index in [1.807, 2.05) is 25.2 Å². The van der Waals surface area contributed by atoms with Crippen LogP contribution < -0.4 is 16.0 Å². The highest BCUT2D eigenvalue weighted by molar-refractivity contribution is 5.64. The van der Waals surface area contributed by atoms with E-state index < -0.39 is 0 Å². The lowest BCUT2D eigenvalue weighted by Gasteiger charge is -2.25. The lowest BCUT2D eigenvalue weighted by molar-refractivity contribution is 0.627. The van der Waals surface area contributed by atoms with E-state index in [9.17, 15) is 0 Å². The lowest BCUT2D eigenvalue weighted by atomic mass is 10.1. The summed E-state index contributed by atoms with van der Waals surface area (Å²) in [5.74, 6) is 1.24. The summed E-state index contributed by atoms with van der Waals surface area (Å²) in [5, 5.41) is 3.36. The Morgan fingerprint density at radius 2 is 2.00 bits per heavy atom. The van der Waals surface area contributed by atoms with E-state index in [1.54, 1.807) is 0 Å². The number of anilines is 3. The summed E-state index contributed by atoms with van der Waals surface area (Å²) in [6.07, 6.45) is 0.900. The number of aromatic nitrogens is 2. The first-order chi connectivity index (χ1) is 9.25. The van der Waals surface area contributed by atoms with Gasteiger partial charge in [-0.25, -0.2) is 4.98 Å². The van der Waals surface area contributed by atoms with Crippen molar-refractivity contribution < 1.29 is 0 Å². The fourth-order valence-electron chi connectivity index (χ4n) is 2.40. The molecule has 0 spiro atoms. The van der Waals surface area contributed by atoms with Gasteiger partial charge in [0.05, 0.1) is 5.69 Å². The van der Waals surface area contributed by atoms with Crippen LogP contribution in [0.1, 0.15) is 11.3 Å². The van der Waals surface area contributed by atoms with Crippen LogP contribution in [0.15, 0.2) is 30.3 Å². The van der Waals surface area contributed by atoms with Crippen molar-refractivity contribution in [2.24, 2.45) is 0 Å². The molecule has 0 aliphatic carbocycles. The van der Waals surface area contributed by atoms with Crippen LogP contribution in [0.4, 0.5) is 17.5 Å². The molecule has 0 amide bonds. The first-order valence-electron chi connectivity index (χ1n) is 6.40. The fourth-order valence-corrected chi connectivity index (χ4v) is 2.40. The van der Waals surface area contributed by atoms with Gasteiger partial charge in [-0.2, -0.15) is 4.98 Å². The van der Waals surface area contributed by atoms with E-state index in [0.29, 0.717) is 5.95 Å². The van der Waals surface area contributed by atoms with Gasteiger partial charge in [-0.1, -0.05) is 18.2 Å². The van der Waals surface area contributed by atoms with E-state index in [-0.39, 0.29) is 0 Å². The smallest absolute Gasteiger partial charge is 0.222 e. The van der Waals surface area contributed by atoms with Crippen molar-refractivity contribution in [1.29, 1.82) is 0 Å². The molecule has 1 aromatic heterocycles. The summed E-state index contributed by atoms with van der Waals surface area (Å²) in [6, 6.07) is 10.1. The van der Waals surface area contributed by atoms with E-state index in [0.717, 1.165) is 42.3 Å². The molecule has 1 aliphatic rings. The van der Waals surface area contributed by atoms with E-state index in [4.69, 9.17) is 5.73 Å². The number of benzene rings is 1. The Hall–Kier alpha value is -2.14. The van der Waals surface area contributed by atoms with Crippen LogP contribution >= 0.6 is 0 Å². The number of nitrogens with one attached hydrogen (secondary N) is 1. The number of para-hydroxylation sites is 1. The zero-order valence-electron chi connectivity index (χ0n) is 10.9. The number of rotatable bonds is 2. The minimum Gasteiger partial charge on any atom is -0.368 e. The quantitative estimate of drug-likeness (QED) is 0.850. The van der Waals surface area contributed by atoms with Crippen molar-refractivity contribution in [1.82, 2.24) is 15.3 Å². The molecule has 5 heteroatoms. The van der Waals surface area contributed by atoms with E-state index in [2.05, 4.69) is 32.3 Å². The first-order valence-corrected chi connectivity index (χ1v) is 6.40. The van der Waals surface area contributed by atoms with Crippen LogP contribution in [0, 0.1) is 0 Å².